The van der Waals surface area contributed by atoms with E-state index in [0.717, 1.165) is 0 Å². The molecule has 0 aliphatic carbocycles. The van der Waals surface area contributed by atoms with Gasteiger partial charge in [-0.3, -0.25) is 0 Å². The Morgan fingerprint density at radius 2 is 2.31 bits per heavy atom. The van der Waals surface area contributed by atoms with E-state index in [2.05, 4.69) is 11.2 Å². The standard InChI is InChI=1S/C9H17NO3/c1-3-4-10-7-9(11)8-13-6-5-12-2/h1,9-11H,4-8H2,2H3. The zero-order chi connectivity index (χ0) is 9.94. The Kier molecular flexibility index (Phi) is 9.05. The summed E-state index contributed by atoms with van der Waals surface area (Å²) in [4.78, 5) is 0. The molecule has 0 fully saturated rings. The number of terminal acetylenes is 1. The molecule has 4 heteroatoms. The van der Waals surface area contributed by atoms with Crippen LogP contribution in [-0.4, -0.2) is 51.2 Å². The number of aliphatic hydroxyl groups excluding tert-OH is 1. The van der Waals surface area contributed by atoms with Crippen LogP contribution in [0.15, 0.2) is 0 Å². The number of hydrogen-bond acceptors (Lipinski definition) is 4. The molecule has 0 aromatic carbocycles. The minimum atomic E-state index is -0.509. The average Bonchev–Trinajstić information content (AvgIpc) is 2.13. The SMILES string of the molecule is C#CCNCC(O)COCCOC. The Bertz CT molecular complexity index is 144. The zero-order valence-corrected chi connectivity index (χ0v) is 7.95. The molecule has 4 nitrogen and oxygen atoms in total. The zero-order valence-electron chi connectivity index (χ0n) is 7.95. The Morgan fingerprint density at radius 1 is 1.54 bits per heavy atom. The highest BCUT2D eigenvalue weighted by Crippen LogP contribution is 1.83. The predicted octanol–water partition coefficient (Wildman–Crippen LogP) is -0.767. The highest BCUT2D eigenvalue weighted by atomic mass is 16.5. The minimum Gasteiger partial charge on any atom is -0.389 e. The third kappa shape index (κ3) is 9.31. The third-order valence-corrected chi connectivity index (χ3v) is 1.35. The van der Waals surface area contributed by atoms with Gasteiger partial charge in [-0.25, -0.2) is 0 Å². The van der Waals surface area contributed by atoms with E-state index in [1.807, 2.05) is 0 Å². The van der Waals surface area contributed by atoms with Crippen molar-refractivity contribution in [1.82, 2.24) is 5.32 Å². The summed E-state index contributed by atoms with van der Waals surface area (Å²) >= 11 is 0. The average molecular weight is 187 g/mol. The lowest BCUT2D eigenvalue weighted by Crippen LogP contribution is -2.30. The van der Waals surface area contributed by atoms with Gasteiger partial charge < -0.3 is 19.9 Å². The van der Waals surface area contributed by atoms with Crippen LogP contribution in [0, 0.1) is 12.3 Å². The van der Waals surface area contributed by atoms with Gasteiger partial charge in [0.2, 0.25) is 0 Å². The first-order valence-corrected chi connectivity index (χ1v) is 4.20. The Morgan fingerprint density at radius 3 is 2.92 bits per heavy atom. The smallest absolute Gasteiger partial charge is 0.0898 e. The number of nitrogens with one attached hydrogen (secondary N) is 1. The maximum atomic E-state index is 9.28. The summed E-state index contributed by atoms with van der Waals surface area (Å²) in [5, 5.41) is 12.2. The molecule has 0 spiro atoms. The molecule has 0 aromatic rings. The number of methoxy groups -OCH3 is 1. The van der Waals surface area contributed by atoms with Crippen LogP contribution in [0.3, 0.4) is 0 Å². The van der Waals surface area contributed by atoms with Gasteiger partial charge in [0, 0.05) is 13.7 Å². The van der Waals surface area contributed by atoms with Crippen molar-refractivity contribution in [2.24, 2.45) is 0 Å². The highest BCUT2D eigenvalue weighted by molar-refractivity contribution is 4.86. The van der Waals surface area contributed by atoms with Crippen LogP contribution in [0.25, 0.3) is 0 Å². The van der Waals surface area contributed by atoms with Crippen molar-refractivity contribution in [2.45, 2.75) is 6.10 Å². The molecule has 1 unspecified atom stereocenters. The first-order chi connectivity index (χ1) is 6.31. The molecule has 0 aliphatic rings. The molecule has 1 atom stereocenters. The highest BCUT2D eigenvalue weighted by Gasteiger charge is 2.01. The first-order valence-electron chi connectivity index (χ1n) is 4.20. The molecule has 13 heavy (non-hydrogen) atoms. The molecule has 0 radical (unpaired) electrons. The van der Waals surface area contributed by atoms with Crippen LogP contribution in [0.1, 0.15) is 0 Å². The molecule has 0 saturated heterocycles. The fraction of sp³-hybridized carbons (Fsp3) is 0.778. The molecule has 0 rings (SSSR count). The van der Waals surface area contributed by atoms with Crippen LogP contribution >= 0.6 is 0 Å². The fourth-order valence-corrected chi connectivity index (χ4v) is 0.732. The summed E-state index contributed by atoms with van der Waals surface area (Å²) < 4.78 is 9.87. The Balaban J connectivity index is 3.11. The van der Waals surface area contributed by atoms with E-state index in [0.29, 0.717) is 32.9 Å². The van der Waals surface area contributed by atoms with Crippen molar-refractivity contribution in [2.75, 3.05) is 40.0 Å². The fourth-order valence-electron chi connectivity index (χ4n) is 0.732. The van der Waals surface area contributed by atoms with Crippen LogP contribution in [0.5, 0.6) is 0 Å². The Labute approximate surface area is 79.2 Å². The van der Waals surface area contributed by atoms with Crippen molar-refractivity contribution in [3.63, 3.8) is 0 Å². The van der Waals surface area contributed by atoms with Gasteiger partial charge in [-0.05, 0) is 0 Å². The van der Waals surface area contributed by atoms with Crippen molar-refractivity contribution in [3.8, 4) is 12.3 Å². The summed E-state index contributed by atoms with van der Waals surface area (Å²) in [6.45, 7) is 2.28. The quantitative estimate of drug-likeness (QED) is 0.387. The molecular formula is C9H17NO3. The van der Waals surface area contributed by atoms with Crippen molar-refractivity contribution in [3.05, 3.63) is 0 Å². The molecule has 0 heterocycles. The largest absolute Gasteiger partial charge is 0.389 e. The van der Waals surface area contributed by atoms with Crippen LogP contribution in [0.4, 0.5) is 0 Å². The van der Waals surface area contributed by atoms with E-state index in [-0.39, 0.29) is 0 Å². The van der Waals surface area contributed by atoms with E-state index in [1.54, 1.807) is 7.11 Å². The summed E-state index contributed by atoms with van der Waals surface area (Å²) in [6, 6.07) is 0. The monoisotopic (exact) mass is 187 g/mol. The van der Waals surface area contributed by atoms with E-state index >= 15 is 0 Å². The van der Waals surface area contributed by atoms with Crippen molar-refractivity contribution in [1.29, 1.82) is 0 Å². The Hall–Kier alpha value is -0.600. The lowest BCUT2D eigenvalue weighted by atomic mass is 10.4. The first kappa shape index (κ1) is 12.4. The summed E-state index contributed by atoms with van der Waals surface area (Å²) in [5.74, 6) is 2.42. The topological polar surface area (TPSA) is 50.7 Å². The normalized spacial score (nSPS) is 12.4. The lowest BCUT2D eigenvalue weighted by Gasteiger charge is -2.10. The van der Waals surface area contributed by atoms with Gasteiger partial charge in [-0.1, -0.05) is 5.92 Å². The molecule has 0 saturated carbocycles. The maximum absolute atomic E-state index is 9.28. The predicted molar refractivity (Wildman–Crippen MR) is 50.4 cm³/mol. The molecule has 0 bridgehead atoms. The van der Waals surface area contributed by atoms with E-state index in [1.165, 1.54) is 0 Å². The van der Waals surface area contributed by atoms with E-state index < -0.39 is 6.10 Å². The minimum absolute atomic E-state index is 0.306. The summed E-state index contributed by atoms with van der Waals surface area (Å²) in [6.07, 6.45) is 4.50. The maximum Gasteiger partial charge on any atom is 0.0898 e. The molecule has 0 aliphatic heterocycles. The van der Waals surface area contributed by atoms with Crippen molar-refractivity contribution < 1.29 is 14.6 Å². The van der Waals surface area contributed by atoms with Gasteiger partial charge in [-0.2, -0.15) is 0 Å². The molecule has 2 N–H and O–H groups in total. The van der Waals surface area contributed by atoms with Gasteiger partial charge in [0.25, 0.3) is 0 Å². The third-order valence-electron chi connectivity index (χ3n) is 1.35. The summed E-state index contributed by atoms with van der Waals surface area (Å²) in [7, 11) is 1.61. The van der Waals surface area contributed by atoms with E-state index in [9.17, 15) is 5.11 Å². The van der Waals surface area contributed by atoms with Crippen LogP contribution in [-0.2, 0) is 9.47 Å². The second-order valence-electron chi connectivity index (χ2n) is 2.56. The summed E-state index contributed by atoms with van der Waals surface area (Å²) in [5.41, 5.74) is 0. The van der Waals surface area contributed by atoms with E-state index in [4.69, 9.17) is 15.9 Å². The second kappa shape index (κ2) is 9.49. The van der Waals surface area contributed by atoms with Gasteiger partial charge in [0.05, 0.1) is 32.5 Å². The lowest BCUT2D eigenvalue weighted by molar-refractivity contribution is 0.0142. The molecule has 76 valence electrons. The molecule has 0 aromatic heterocycles. The van der Waals surface area contributed by atoms with Gasteiger partial charge in [0.1, 0.15) is 0 Å². The van der Waals surface area contributed by atoms with Crippen LogP contribution < -0.4 is 5.32 Å². The molecule has 0 amide bonds. The van der Waals surface area contributed by atoms with Gasteiger partial charge >= 0.3 is 0 Å². The van der Waals surface area contributed by atoms with Gasteiger partial charge in [-0.15, -0.1) is 6.42 Å². The number of rotatable bonds is 8. The van der Waals surface area contributed by atoms with Crippen LogP contribution in [0.2, 0.25) is 0 Å². The van der Waals surface area contributed by atoms with Gasteiger partial charge in [0.15, 0.2) is 0 Å². The number of hydrogen-bond donors (Lipinski definition) is 2. The van der Waals surface area contributed by atoms with Crippen molar-refractivity contribution >= 4 is 0 Å². The molecular weight excluding hydrogens is 170 g/mol. The number of aliphatic hydroxyl groups is 1. The number of ether oxygens (including phenoxy) is 2. The second-order valence-corrected chi connectivity index (χ2v) is 2.56.